The van der Waals surface area contributed by atoms with Crippen LogP contribution in [0.4, 0.5) is 4.79 Å². The minimum absolute atomic E-state index is 0.0988. The maximum Gasteiger partial charge on any atom is 0.281 e. The summed E-state index contributed by atoms with van der Waals surface area (Å²) < 4.78 is 5.60. The third kappa shape index (κ3) is 3.38. The van der Waals surface area contributed by atoms with E-state index in [1.54, 1.807) is 4.90 Å². The lowest BCUT2D eigenvalue weighted by molar-refractivity contribution is -0.143. The van der Waals surface area contributed by atoms with Crippen LogP contribution in [0.2, 0.25) is 0 Å². The van der Waals surface area contributed by atoms with Crippen LogP contribution in [-0.4, -0.2) is 65.1 Å². The zero-order chi connectivity index (χ0) is 13.1. The number of carbonyl (C=O) groups is 2. The van der Waals surface area contributed by atoms with E-state index in [0.717, 1.165) is 12.3 Å². The number of hydrogen-bond donors (Lipinski definition) is 0. The monoisotopic (exact) mass is 272 g/mol. The van der Waals surface area contributed by atoms with E-state index in [0.29, 0.717) is 26.1 Å². The van der Waals surface area contributed by atoms with E-state index in [1.807, 2.05) is 18.7 Å². The molecule has 2 heterocycles. The molecule has 2 atom stereocenters. The normalized spacial score (nSPS) is 28.9. The van der Waals surface area contributed by atoms with E-state index < -0.39 is 0 Å². The van der Waals surface area contributed by atoms with Gasteiger partial charge < -0.3 is 14.5 Å². The van der Waals surface area contributed by atoms with E-state index >= 15 is 0 Å². The molecule has 102 valence electrons. The second-order valence-corrected chi connectivity index (χ2v) is 5.95. The van der Waals surface area contributed by atoms with Gasteiger partial charge in [-0.1, -0.05) is 11.8 Å². The summed E-state index contributed by atoms with van der Waals surface area (Å²) in [5.41, 5.74) is 0. The van der Waals surface area contributed by atoms with Crippen LogP contribution >= 0.6 is 11.8 Å². The lowest BCUT2D eigenvalue weighted by Crippen LogP contribution is -2.48. The Bertz CT molecular complexity index is 327. The summed E-state index contributed by atoms with van der Waals surface area (Å²) in [6.07, 6.45) is 0.620. The molecule has 0 saturated carbocycles. The maximum atomic E-state index is 12.1. The Morgan fingerprint density at radius 2 is 2.06 bits per heavy atom. The number of ether oxygens (including phenoxy) is 1. The van der Waals surface area contributed by atoms with Gasteiger partial charge in [0.1, 0.15) is 0 Å². The van der Waals surface area contributed by atoms with Gasteiger partial charge in [0.25, 0.3) is 5.24 Å². The Balaban J connectivity index is 1.78. The zero-order valence-corrected chi connectivity index (χ0v) is 11.7. The fourth-order valence-corrected chi connectivity index (χ4v) is 3.25. The van der Waals surface area contributed by atoms with Crippen molar-refractivity contribution in [3.63, 3.8) is 0 Å². The molecular weight excluding hydrogens is 252 g/mol. The highest BCUT2D eigenvalue weighted by Gasteiger charge is 2.27. The van der Waals surface area contributed by atoms with Crippen molar-refractivity contribution in [3.05, 3.63) is 0 Å². The van der Waals surface area contributed by atoms with Gasteiger partial charge in [-0.3, -0.25) is 9.59 Å². The predicted octanol–water partition coefficient (Wildman–Crippen LogP) is 1.18. The predicted molar refractivity (Wildman–Crippen MR) is 70.6 cm³/mol. The molecule has 2 saturated heterocycles. The second kappa shape index (κ2) is 5.93. The van der Waals surface area contributed by atoms with Crippen LogP contribution in [0.5, 0.6) is 0 Å². The van der Waals surface area contributed by atoms with Crippen LogP contribution in [-0.2, 0) is 9.53 Å². The van der Waals surface area contributed by atoms with E-state index in [2.05, 4.69) is 0 Å². The van der Waals surface area contributed by atoms with Crippen molar-refractivity contribution in [2.75, 3.05) is 31.9 Å². The topological polar surface area (TPSA) is 49.9 Å². The summed E-state index contributed by atoms with van der Waals surface area (Å²) >= 11 is 1.34. The summed E-state index contributed by atoms with van der Waals surface area (Å²) in [6.45, 7) is 6.60. The van der Waals surface area contributed by atoms with Gasteiger partial charge in [-0.15, -0.1) is 0 Å². The Kier molecular flexibility index (Phi) is 4.50. The van der Waals surface area contributed by atoms with Gasteiger partial charge in [-0.05, 0) is 13.8 Å². The quantitative estimate of drug-likeness (QED) is 0.774. The van der Waals surface area contributed by atoms with Crippen LogP contribution < -0.4 is 0 Å². The summed E-state index contributed by atoms with van der Waals surface area (Å²) in [5, 5.41) is 0.103. The molecule has 6 heteroatoms. The highest BCUT2D eigenvalue weighted by atomic mass is 32.2. The van der Waals surface area contributed by atoms with E-state index in [4.69, 9.17) is 4.74 Å². The zero-order valence-electron chi connectivity index (χ0n) is 10.9. The molecule has 0 aliphatic carbocycles. The molecule has 18 heavy (non-hydrogen) atoms. The molecule has 0 radical (unpaired) electrons. The van der Waals surface area contributed by atoms with Gasteiger partial charge in [-0.2, -0.15) is 0 Å². The molecule has 2 amide bonds. The van der Waals surface area contributed by atoms with Gasteiger partial charge in [0, 0.05) is 38.4 Å². The van der Waals surface area contributed by atoms with Crippen molar-refractivity contribution < 1.29 is 14.3 Å². The summed E-state index contributed by atoms with van der Waals surface area (Å²) in [4.78, 5) is 27.1. The molecule has 5 nitrogen and oxygen atoms in total. The molecule has 0 bridgehead atoms. The molecule has 2 aliphatic rings. The van der Waals surface area contributed by atoms with E-state index in [-0.39, 0.29) is 23.4 Å². The molecule has 0 N–H and O–H groups in total. The lowest BCUT2D eigenvalue weighted by atomic mass is 10.2. The van der Waals surface area contributed by atoms with Crippen molar-refractivity contribution in [3.8, 4) is 0 Å². The first-order valence-corrected chi connectivity index (χ1v) is 7.39. The van der Waals surface area contributed by atoms with Crippen LogP contribution in [0.25, 0.3) is 0 Å². The summed E-state index contributed by atoms with van der Waals surface area (Å²) in [7, 11) is 0. The van der Waals surface area contributed by atoms with E-state index in [9.17, 15) is 9.59 Å². The smallest absolute Gasteiger partial charge is 0.281 e. The van der Waals surface area contributed by atoms with E-state index in [1.165, 1.54) is 11.8 Å². The average Bonchev–Trinajstić information content (AvgIpc) is 2.70. The van der Waals surface area contributed by atoms with Crippen molar-refractivity contribution in [1.29, 1.82) is 0 Å². The molecule has 0 unspecified atom stereocenters. The SMILES string of the molecule is C[C@@H]1CN(C(=O)CCN2CCSC2=O)C[C@H](C)O1. The van der Waals surface area contributed by atoms with Crippen molar-refractivity contribution >= 4 is 22.9 Å². The first kappa shape index (κ1) is 13.7. The number of thioether (sulfide) groups is 1. The molecule has 0 aromatic rings. The van der Waals surface area contributed by atoms with Gasteiger partial charge >= 0.3 is 0 Å². The van der Waals surface area contributed by atoms with Gasteiger partial charge in [0.2, 0.25) is 5.91 Å². The largest absolute Gasteiger partial charge is 0.372 e. The summed E-state index contributed by atoms with van der Waals surface area (Å²) in [5.74, 6) is 0.972. The molecule has 2 fully saturated rings. The standard InChI is InChI=1S/C12H20N2O3S/c1-9-7-14(8-10(2)17-9)11(15)3-4-13-5-6-18-12(13)16/h9-10H,3-8H2,1-2H3/t9-,10+. The molecule has 2 rings (SSSR count). The Labute approximate surface area is 112 Å². The Morgan fingerprint density at radius 3 is 2.61 bits per heavy atom. The number of carbonyl (C=O) groups excluding carboxylic acids is 2. The Morgan fingerprint density at radius 1 is 1.39 bits per heavy atom. The molecular formula is C12H20N2O3S. The first-order valence-electron chi connectivity index (χ1n) is 6.41. The van der Waals surface area contributed by atoms with Crippen LogP contribution in [0, 0.1) is 0 Å². The first-order chi connectivity index (χ1) is 8.56. The highest BCUT2D eigenvalue weighted by molar-refractivity contribution is 8.13. The highest BCUT2D eigenvalue weighted by Crippen LogP contribution is 2.18. The fraction of sp³-hybridized carbons (Fsp3) is 0.833. The van der Waals surface area contributed by atoms with Crippen LogP contribution in [0.3, 0.4) is 0 Å². The number of nitrogens with zero attached hydrogens (tertiary/aromatic N) is 2. The van der Waals surface area contributed by atoms with Gasteiger partial charge in [-0.25, -0.2) is 0 Å². The second-order valence-electron chi connectivity index (χ2n) is 4.91. The summed E-state index contributed by atoms with van der Waals surface area (Å²) in [6, 6.07) is 0. The maximum absolute atomic E-state index is 12.1. The molecule has 0 aromatic heterocycles. The number of hydrogen-bond acceptors (Lipinski definition) is 4. The van der Waals surface area contributed by atoms with Crippen LogP contribution in [0.1, 0.15) is 20.3 Å². The average molecular weight is 272 g/mol. The minimum Gasteiger partial charge on any atom is -0.372 e. The third-order valence-electron chi connectivity index (χ3n) is 3.21. The fourth-order valence-electron chi connectivity index (χ4n) is 2.40. The number of amides is 2. The van der Waals surface area contributed by atoms with Crippen molar-refractivity contribution in [1.82, 2.24) is 9.80 Å². The third-order valence-corrected chi connectivity index (χ3v) is 4.10. The lowest BCUT2D eigenvalue weighted by Gasteiger charge is -2.35. The number of rotatable bonds is 3. The Hall–Kier alpha value is -0.750. The molecule has 2 aliphatic heterocycles. The van der Waals surface area contributed by atoms with Gasteiger partial charge in [0.05, 0.1) is 12.2 Å². The van der Waals surface area contributed by atoms with Crippen LogP contribution in [0.15, 0.2) is 0 Å². The van der Waals surface area contributed by atoms with Crippen molar-refractivity contribution in [2.45, 2.75) is 32.5 Å². The number of morpholine rings is 1. The minimum atomic E-state index is 0.0988. The molecule has 0 spiro atoms. The van der Waals surface area contributed by atoms with Gasteiger partial charge in [0.15, 0.2) is 0 Å². The molecule has 0 aromatic carbocycles. The van der Waals surface area contributed by atoms with Crippen molar-refractivity contribution in [2.24, 2.45) is 0 Å².